The summed E-state index contributed by atoms with van der Waals surface area (Å²) in [5, 5.41) is 14.5. The molecule has 0 unspecified atom stereocenters. The van der Waals surface area contributed by atoms with E-state index in [4.69, 9.17) is 11.6 Å². The van der Waals surface area contributed by atoms with Gasteiger partial charge in [-0.1, -0.05) is 23.7 Å². The minimum absolute atomic E-state index is 0.0478. The van der Waals surface area contributed by atoms with Gasteiger partial charge in [-0.15, -0.1) is 0 Å². The van der Waals surface area contributed by atoms with Crippen molar-refractivity contribution in [2.24, 2.45) is 0 Å². The molecule has 0 atom stereocenters. The van der Waals surface area contributed by atoms with Crippen LogP contribution in [0.2, 0.25) is 5.02 Å². The van der Waals surface area contributed by atoms with Crippen LogP contribution >= 0.6 is 11.6 Å². The number of carbonyl (C=O) groups is 1. The van der Waals surface area contributed by atoms with E-state index in [9.17, 15) is 19.3 Å². The summed E-state index contributed by atoms with van der Waals surface area (Å²) in [5.74, 6) is -0.827. The average molecular weight is 392 g/mol. The number of aryl methyl sites for hydroxylation is 1. The molecule has 6 nitrogen and oxygen atoms in total. The monoisotopic (exact) mass is 391 g/mol. The third-order valence-electron chi connectivity index (χ3n) is 4.72. The van der Waals surface area contributed by atoms with Crippen LogP contribution in [0.5, 0.6) is 0 Å². The SMILES string of the molecule is Cc1cc([N+](=O)[O-])cc(Cl)c1NC1CCN(C(=O)c2ccccc2F)CC1. The Labute approximate surface area is 161 Å². The highest BCUT2D eigenvalue weighted by molar-refractivity contribution is 6.33. The Hall–Kier alpha value is -2.67. The van der Waals surface area contributed by atoms with Gasteiger partial charge in [0, 0.05) is 31.3 Å². The number of hydrogen-bond donors (Lipinski definition) is 1. The number of carbonyl (C=O) groups excluding carboxylic acids is 1. The maximum absolute atomic E-state index is 13.8. The van der Waals surface area contributed by atoms with Crippen molar-refractivity contribution in [1.82, 2.24) is 4.90 Å². The van der Waals surface area contributed by atoms with Crippen molar-refractivity contribution >= 4 is 28.9 Å². The van der Waals surface area contributed by atoms with Gasteiger partial charge in [0.2, 0.25) is 0 Å². The zero-order chi connectivity index (χ0) is 19.6. The largest absolute Gasteiger partial charge is 0.381 e. The predicted molar refractivity (Wildman–Crippen MR) is 102 cm³/mol. The third kappa shape index (κ3) is 4.19. The number of non-ortho nitro benzene ring substituents is 1. The summed E-state index contributed by atoms with van der Waals surface area (Å²) in [6, 6.07) is 8.84. The molecule has 1 N–H and O–H groups in total. The summed E-state index contributed by atoms with van der Waals surface area (Å²) in [4.78, 5) is 24.5. The number of nitro groups is 1. The van der Waals surface area contributed by atoms with Gasteiger partial charge in [-0.25, -0.2) is 4.39 Å². The summed E-state index contributed by atoms with van der Waals surface area (Å²) in [6.07, 6.45) is 1.35. The quantitative estimate of drug-likeness (QED) is 0.618. The second-order valence-corrected chi connectivity index (χ2v) is 6.97. The van der Waals surface area contributed by atoms with Crippen LogP contribution in [0.25, 0.3) is 0 Å². The lowest BCUT2D eigenvalue weighted by Crippen LogP contribution is -2.42. The molecule has 0 spiro atoms. The second kappa shape index (κ2) is 7.92. The summed E-state index contributed by atoms with van der Waals surface area (Å²) < 4.78 is 13.8. The smallest absolute Gasteiger partial charge is 0.271 e. The van der Waals surface area contributed by atoms with Gasteiger partial charge < -0.3 is 10.2 Å². The highest BCUT2D eigenvalue weighted by Gasteiger charge is 2.26. The Kier molecular flexibility index (Phi) is 5.60. The number of rotatable bonds is 4. The Morgan fingerprint density at radius 3 is 2.56 bits per heavy atom. The van der Waals surface area contributed by atoms with Crippen molar-refractivity contribution in [3.05, 3.63) is 68.5 Å². The van der Waals surface area contributed by atoms with Crippen LogP contribution in [0.3, 0.4) is 0 Å². The minimum Gasteiger partial charge on any atom is -0.381 e. The molecular weight excluding hydrogens is 373 g/mol. The Balaban J connectivity index is 1.64. The first-order valence-electron chi connectivity index (χ1n) is 8.61. The standard InChI is InChI=1S/C19H19ClFN3O3/c1-12-10-14(24(26)27)11-16(20)18(12)22-13-6-8-23(9-7-13)19(25)15-4-2-3-5-17(15)21/h2-5,10-11,13,22H,6-9H2,1H3. The normalized spacial score (nSPS) is 14.9. The Morgan fingerprint density at radius 1 is 1.30 bits per heavy atom. The fourth-order valence-corrected chi connectivity index (χ4v) is 3.57. The van der Waals surface area contributed by atoms with Crippen LogP contribution in [-0.2, 0) is 0 Å². The van der Waals surface area contributed by atoms with Crippen molar-refractivity contribution in [2.75, 3.05) is 18.4 Å². The van der Waals surface area contributed by atoms with Crippen LogP contribution in [0.15, 0.2) is 36.4 Å². The molecule has 1 saturated heterocycles. The van der Waals surface area contributed by atoms with Gasteiger partial charge in [0.05, 0.1) is 21.2 Å². The molecule has 2 aromatic carbocycles. The van der Waals surface area contributed by atoms with Crippen LogP contribution in [0, 0.1) is 22.9 Å². The highest BCUT2D eigenvalue weighted by atomic mass is 35.5. The summed E-state index contributed by atoms with van der Waals surface area (Å²) >= 11 is 6.20. The first kappa shape index (κ1) is 19.1. The lowest BCUT2D eigenvalue weighted by atomic mass is 10.0. The molecular formula is C19H19ClFN3O3. The summed E-state index contributed by atoms with van der Waals surface area (Å²) in [5.41, 5.74) is 1.40. The van der Waals surface area contributed by atoms with E-state index in [1.54, 1.807) is 24.0 Å². The minimum atomic E-state index is -0.518. The molecule has 0 aromatic heterocycles. The zero-order valence-corrected chi connectivity index (χ0v) is 15.5. The molecule has 3 rings (SSSR count). The first-order chi connectivity index (χ1) is 12.9. The number of hydrogen-bond acceptors (Lipinski definition) is 4. The molecule has 1 aliphatic heterocycles. The summed E-state index contributed by atoms with van der Waals surface area (Å²) in [6.45, 7) is 2.75. The summed E-state index contributed by atoms with van der Waals surface area (Å²) in [7, 11) is 0. The fourth-order valence-electron chi connectivity index (χ4n) is 3.25. The van der Waals surface area contributed by atoms with Crippen LogP contribution in [0.1, 0.15) is 28.8 Å². The third-order valence-corrected chi connectivity index (χ3v) is 5.02. The van der Waals surface area contributed by atoms with Gasteiger partial charge in [-0.2, -0.15) is 0 Å². The van der Waals surface area contributed by atoms with Crippen LogP contribution in [-0.4, -0.2) is 34.9 Å². The van der Waals surface area contributed by atoms with Gasteiger partial charge in [-0.05, 0) is 37.5 Å². The van der Waals surface area contributed by atoms with Gasteiger partial charge in [0.15, 0.2) is 0 Å². The lowest BCUT2D eigenvalue weighted by molar-refractivity contribution is -0.384. The molecule has 142 valence electrons. The van der Waals surface area contributed by atoms with E-state index in [0.717, 1.165) is 0 Å². The average Bonchev–Trinajstić information content (AvgIpc) is 2.65. The number of benzene rings is 2. The number of amides is 1. The van der Waals surface area contributed by atoms with Crippen LogP contribution in [0.4, 0.5) is 15.8 Å². The van der Waals surface area contributed by atoms with Gasteiger partial charge in [0.25, 0.3) is 11.6 Å². The van der Waals surface area contributed by atoms with Gasteiger partial charge in [0.1, 0.15) is 5.82 Å². The Morgan fingerprint density at radius 2 is 1.96 bits per heavy atom. The Bertz CT molecular complexity index is 859. The first-order valence-corrected chi connectivity index (χ1v) is 8.99. The number of halogens is 2. The highest BCUT2D eigenvalue weighted by Crippen LogP contribution is 2.32. The van der Waals surface area contributed by atoms with E-state index < -0.39 is 10.7 Å². The van der Waals surface area contributed by atoms with E-state index in [1.165, 1.54) is 24.3 Å². The number of piperidine rings is 1. The van der Waals surface area contributed by atoms with Gasteiger partial charge in [-0.3, -0.25) is 14.9 Å². The van der Waals surface area contributed by atoms with Crippen LogP contribution < -0.4 is 5.32 Å². The molecule has 2 aromatic rings. The molecule has 0 saturated carbocycles. The lowest BCUT2D eigenvalue weighted by Gasteiger charge is -2.33. The zero-order valence-electron chi connectivity index (χ0n) is 14.7. The fraction of sp³-hybridized carbons (Fsp3) is 0.316. The van der Waals surface area contributed by atoms with E-state index >= 15 is 0 Å². The molecule has 1 aliphatic rings. The number of anilines is 1. The maximum Gasteiger partial charge on any atom is 0.271 e. The van der Waals surface area contributed by atoms with E-state index in [-0.39, 0.29) is 23.2 Å². The molecule has 0 aliphatic carbocycles. The molecule has 8 heteroatoms. The van der Waals surface area contributed by atoms with E-state index in [1.807, 2.05) is 0 Å². The number of likely N-dealkylation sites (tertiary alicyclic amines) is 1. The maximum atomic E-state index is 13.8. The number of nitrogens with one attached hydrogen (secondary N) is 1. The molecule has 1 amide bonds. The van der Waals surface area contributed by atoms with Crippen molar-refractivity contribution in [1.29, 1.82) is 0 Å². The van der Waals surface area contributed by atoms with Gasteiger partial charge >= 0.3 is 0 Å². The van der Waals surface area contributed by atoms with Crippen molar-refractivity contribution in [2.45, 2.75) is 25.8 Å². The van der Waals surface area contributed by atoms with E-state index in [2.05, 4.69) is 5.32 Å². The van der Waals surface area contributed by atoms with Crippen molar-refractivity contribution < 1.29 is 14.1 Å². The molecule has 0 bridgehead atoms. The molecule has 1 fully saturated rings. The molecule has 0 radical (unpaired) electrons. The number of nitrogens with zero attached hydrogens (tertiary/aromatic N) is 2. The second-order valence-electron chi connectivity index (χ2n) is 6.57. The van der Waals surface area contributed by atoms with E-state index in [0.29, 0.717) is 42.2 Å². The number of nitro benzene ring substituents is 1. The predicted octanol–water partition coefficient (Wildman–Crippen LogP) is 4.41. The molecule has 1 heterocycles. The topological polar surface area (TPSA) is 75.5 Å². The van der Waals surface area contributed by atoms with Crippen molar-refractivity contribution in [3.8, 4) is 0 Å². The molecule has 27 heavy (non-hydrogen) atoms. The van der Waals surface area contributed by atoms with Crippen molar-refractivity contribution in [3.63, 3.8) is 0 Å².